The van der Waals surface area contributed by atoms with Crippen molar-refractivity contribution in [2.75, 3.05) is 20.2 Å². The molecule has 126 valence electrons. The molecule has 0 unspecified atom stereocenters. The molecule has 2 N–H and O–H groups in total. The van der Waals surface area contributed by atoms with Crippen molar-refractivity contribution in [1.29, 1.82) is 0 Å². The predicted molar refractivity (Wildman–Crippen MR) is 89.1 cm³/mol. The maximum Gasteiger partial charge on any atom is 0.255 e. The van der Waals surface area contributed by atoms with Crippen LogP contribution in [-0.2, 0) is 0 Å². The zero-order chi connectivity index (χ0) is 17.5. The Morgan fingerprint density at radius 1 is 1.04 bits per heavy atom. The molecular weight excluding hydrogens is 335 g/mol. The van der Waals surface area contributed by atoms with E-state index in [1.807, 2.05) is 0 Å². The van der Waals surface area contributed by atoms with E-state index in [0.29, 0.717) is 16.3 Å². The van der Waals surface area contributed by atoms with Crippen LogP contribution in [0.4, 0.5) is 4.39 Å². The Balaban J connectivity index is 1.86. The molecule has 0 aliphatic heterocycles. The first-order valence-electron chi connectivity index (χ1n) is 7.17. The van der Waals surface area contributed by atoms with Crippen molar-refractivity contribution in [3.05, 3.63) is 64.4 Å². The summed E-state index contributed by atoms with van der Waals surface area (Å²) in [7, 11) is 1.45. The molecule has 0 fully saturated rings. The number of hydrogen-bond acceptors (Lipinski definition) is 3. The summed E-state index contributed by atoms with van der Waals surface area (Å²) in [5.41, 5.74) is 0.255. The van der Waals surface area contributed by atoms with Gasteiger partial charge in [-0.15, -0.1) is 0 Å². The van der Waals surface area contributed by atoms with Gasteiger partial charge in [0.25, 0.3) is 11.8 Å². The molecule has 0 aliphatic rings. The number of benzene rings is 2. The Labute approximate surface area is 143 Å². The molecular formula is C17H16ClFN2O3. The molecule has 0 radical (unpaired) electrons. The first-order chi connectivity index (χ1) is 11.5. The molecule has 2 aromatic carbocycles. The number of nitrogens with one attached hydrogen (secondary N) is 2. The van der Waals surface area contributed by atoms with Crippen molar-refractivity contribution in [2.45, 2.75) is 0 Å². The first-order valence-corrected chi connectivity index (χ1v) is 7.55. The zero-order valence-corrected chi connectivity index (χ0v) is 13.7. The lowest BCUT2D eigenvalue weighted by molar-refractivity contribution is 0.0924. The van der Waals surface area contributed by atoms with Gasteiger partial charge < -0.3 is 15.4 Å². The molecule has 0 atom stereocenters. The average molecular weight is 351 g/mol. The van der Waals surface area contributed by atoms with E-state index in [2.05, 4.69) is 10.6 Å². The smallest absolute Gasteiger partial charge is 0.255 e. The molecule has 0 aromatic heterocycles. The zero-order valence-electron chi connectivity index (χ0n) is 12.9. The van der Waals surface area contributed by atoms with Crippen LogP contribution in [0, 0.1) is 5.82 Å². The van der Waals surface area contributed by atoms with Crippen LogP contribution in [0.15, 0.2) is 42.5 Å². The van der Waals surface area contributed by atoms with Gasteiger partial charge in [-0.3, -0.25) is 9.59 Å². The van der Waals surface area contributed by atoms with E-state index in [0.717, 1.165) is 0 Å². The fourth-order valence-corrected chi connectivity index (χ4v) is 2.22. The molecule has 0 heterocycles. The highest BCUT2D eigenvalue weighted by atomic mass is 35.5. The van der Waals surface area contributed by atoms with Gasteiger partial charge >= 0.3 is 0 Å². The third-order valence-corrected chi connectivity index (χ3v) is 3.46. The second-order valence-corrected chi connectivity index (χ2v) is 5.27. The van der Waals surface area contributed by atoms with Crippen LogP contribution in [0.5, 0.6) is 5.75 Å². The third-order valence-electron chi connectivity index (χ3n) is 3.22. The minimum atomic E-state index is -0.595. The summed E-state index contributed by atoms with van der Waals surface area (Å²) in [6.45, 7) is 0.330. The molecule has 2 aromatic rings. The molecule has 0 saturated heterocycles. The van der Waals surface area contributed by atoms with Crippen LogP contribution in [0.25, 0.3) is 0 Å². The number of rotatable bonds is 6. The van der Waals surface area contributed by atoms with Gasteiger partial charge in [0.1, 0.15) is 11.6 Å². The Morgan fingerprint density at radius 3 is 2.29 bits per heavy atom. The van der Waals surface area contributed by atoms with Crippen molar-refractivity contribution in [3.63, 3.8) is 0 Å². The van der Waals surface area contributed by atoms with E-state index in [1.165, 1.54) is 31.4 Å². The molecule has 24 heavy (non-hydrogen) atoms. The molecule has 5 nitrogen and oxygen atoms in total. The fourth-order valence-electron chi connectivity index (χ4n) is 2.05. The highest BCUT2D eigenvalue weighted by molar-refractivity contribution is 6.31. The van der Waals surface area contributed by atoms with Crippen molar-refractivity contribution in [2.24, 2.45) is 0 Å². The van der Waals surface area contributed by atoms with Gasteiger partial charge in [-0.1, -0.05) is 23.7 Å². The largest absolute Gasteiger partial charge is 0.496 e. The minimum Gasteiger partial charge on any atom is -0.496 e. The van der Waals surface area contributed by atoms with Crippen molar-refractivity contribution >= 4 is 23.4 Å². The summed E-state index contributed by atoms with van der Waals surface area (Å²) in [6, 6.07) is 10.4. The lowest BCUT2D eigenvalue weighted by Crippen LogP contribution is -2.35. The van der Waals surface area contributed by atoms with Crippen molar-refractivity contribution in [1.82, 2.24) is 10.6 Å². The second-order valence-electron chi connectivity index (χ2n) is 4.84. The van der Waals surface area contributed by atoms with E-state index < -0.39 is 11.7 Å². The minimum absolute atomic E-state index is 0.0414. The van der Waals surface area contributed by atoms with E-state index in [-0.39, 0.29) is 24.6 Å². The quantitative estimate of drug-likeness (QED) is 0.787. The Morgan fingerprint density at radius 2 is 1.67 bits per heavy atom. The maximum atomic E-state index is 13.5. The Bertz CT molecular complexity index is 752. The number of amides is 2. The van der Waals surface area contributed by atoms with E-state index in [1.54, 1.807) is 18.2 Å². The molecule has 2 amide bonds. The molecule has 0 spiro atoms. The number of methoxy groups -OCH3 is 1. The summed E-state index contributed by atoms with van der Waals surface area (Å²) >= 11 is 5.88. The molecule has 7 heteroatoms. The van der Waals surface area contributed by atoms with Gasteiger partial charge in [0.2, 0.25) is 0 Å². The summed E-state index contributed by atoms with van der Waals surface area (Å²) < 4.78 is 18.6. The highest BCUT2D eigenvalue weighted by Crippen LogP contribution is 2.22. The van der Waals surface area contributed by atoms with Gasteiger partial charge in [0.15, 0.2) is 0 Å². The number of halogens is 2. The highest BCUT2D eigenvalue weighted by Gasteiger charge is 2.13. The van der Waals surface area contributed by atoms with Crippen LogP contribution in [0.3, 0.4) is 0 Å². The number of carbonyl (C=O) groups excluding carboxylic acids is 2. The Kier molecular flexibility index (Phi) is 6.14. The third kappa shape index (κ3) is 4.45. The van der Waals surface area contributed by atoms with Crippen LogP contribution < -0.4 is 15.4 Å². The topological polar surface area (TPSA) is 67.4 Å². The first kappa shape index (κ1) is 17.7. The summed E-state index contributed by atoms with van der Waals surface area (Å²) in [5.74, 6) is -1.12. The van der Waals surface area contributed by atoms with Gasteiger partial charge in [-0.2, -0.15) is 0 Å². The van der Waals surface area contributed by atoms with Crippen LogP contribution in [0.2, 0.25) is 5.02 Å². The van der Waals surface area contributed by atoms with E-state index in [9.17, 15) is 14.0 Å². The maximum absolute atomic E-state index is 13.5. The van der Waals surface area contributed by atoms with Gasteiger partial charge in [-0.05, 0) is 30.3 Å². The standard InChI is InChI=1S/C17H16ClFN2O3/c1-24-15-7-6-11(18)10-13(15)17(23)21-9-8-20-16(22)12-4-2-3-5-14(12)19/h2-7,10H,8-9H2,1H3,(H,20,22)(H,21,23). The number of ether oxygens (including phenoxy) is 1. The lowest BCUT2D eigenvalue weighted by Gasteiger charge is -2.10. The van der Waals surface area contributed by atoms with Gasteiger partial charge in [0.05, 0.1) is 18.2 Å². The van der Waals surface area contributed by atoms with Crippen molar-refractivity contribution in [3.8, 4) is 5.75 Å². The summed E-state index contributed by atoms with van der Waals surface area (Å²) in [4.78, 5) is 23.9. The lowest BCUT2D eigenvalue weighted by atomic mass is 10.2. The average Bonchev–Trinajstić information content (AvgIpc) is 2.58. The summed E-state index contributed by atoms with van der Waals surface area (Å²) in [5, 5.41) is 5.58. The SMILES string of the molecule is COc1ccc(Cl)cc1C(=O)NCCNC(=O)c1ccccc1F. The van der Waals surface area contributed by atoms with Crippen molar-refractivity contribution < 1.29 is 18.7 Å². The predicted octanol–water partition coefficient (Wildman–Crippen LogP) is 2.65. The fraction of sp³-hybridized carbons (Fsp3) is 0.176. The molecule has 0 aliphatic carbocycles. The summed E-state index contributed by atoms with van der Waals surface area (Å²) in [6.07, 6.45) is 0. The van der Waals surface area contributed by atoms with Crippen LogP contribution >= 0.6 is 11.6 Å². The van der Waals surface area contributed by atoms with E-state index >= 15 is 0 Å². The van der Waals surface area contributed by atoms with Gasteiger partial charge in [0, 0.05) is 18.1 Å². The number of carbonyl (C=O) groups is 2. The molecule has 0 bridgehead atoms. The van der Waals surface area contributed by atoms with Crippen LogP contribution in [-0.4, -0.2) is 32.0 Å². The molecule has 0 saturated carbocycles. The number of hydrogen-bond donors (Lipinski definition) is 2. The Hall–Kier alpha value is -2.60. The molecule has 2 rings (SSSR count). The van der Waals surface area contributed by atoms with Gasteiger partial charge in [-0.25, -0.2) is 4.39 Å². The van der Waals surface area contributed by atoms with Crippen LogP contribution in [0.1, 0.15) is 20.7 Å². The normalized spacial score (nSPS) is 10.1. The second kappa shape index (κ2) is 8.31. The van der Waals surface area contributed by atoms with E-state index in [4.69, 9.17) is 16.3 Å². The monoisotopic (exact) mass is 350 g/mol.